The van der Waals surface area contributed by atoms with Crippen molar-refractivity contribution in [2.24, 2.45) is 0 Å². The van der Waals surface area contributed by atoms with Crippen LogP contribution in [-0.4, -0.2) is 64.1 Å². The first-order chi connectivity index (χ1) is 21.9. The van der Waals surface area contributed by atoms with E-state index in [9.17, 15) is 57.8 Å². The first-order valence-electron chi connectivity index (χ1n) is 12.9. The molecule has 0 atom stereocenters. The maximum Gasteiger partial charge on any atom is 0.433 e. The van der Waals surface area contributed by atoms with E-state index in [4.69, 9.17) is 4.74 Å². The number of hydrogen-bond donors (Lipinski definition) is 3. The average molecular weight is 737 g/mol. The van der Waals surface area contributed by atoms with E-state index in [2.05, 4.69) is 29.8 Å². The lowest BCUT2D eigenvalue weighted by molar-refractivity contribution is -0.158. The van der Waals surface area contributed by atoms with E-state index in [-0.39, 0.29) is 19.6 Å². The number of ether oxygens (including phenoxy) is 2. The number of amides is 1. The standard InChI is InChI=1S/C25H21F9N6O6S2/c1-11-19(48(43,44)39-22(2,3)9-41)47-20(36-11)38-21(42)46-16-8-35-40-17(25(32,33)34)7-14(37-18(16)40)12-4-5-13(24(29,30)31)15(6-12)45-10-23(26,27)28/h4-8,39,41H,9-10H2,1-3H3,(H,36,38,42). The third-order valence-corrected chi connectivity index (χ3v) is 9.30. The predicted octanol–water partition coefficient (Wildman–Crippen LogP) is 5.80. The minimum Gasteiger partial charge on any atom is -0.483 e. The fourth-order valence-electron chi connectivity index (χ4n) is 3.90. The summed E-state index contributed by atoms with van der Waals surface area (Å²) < 4.78 is 157. The van der Waals surface area contributed by atoms with Gasteiger partial charge in [0.15, 0.2) is 33.0 Å². The number of aromatic nitrogens is 4. The summed E-state index contributed by atoms with van der Waals surface area (Å²) >= 11 is 0.475. The number of hydrogen-bond acceptors (Lipinski definition) is 10. The van der Waals surface area contributed by atoms with Gasteiger partial charge in [-0.25, -0.2) is 32.4 Å². The molecule has 0 fully saturated rings. The number of anilines is 1. The molecular weight excluding hydrogens is 715 g/mol. The number of carbonyl (C=O) groups is 1. The predicted molar refractivity (Wildman–Crippen MR) is 148 cm³/mol. The Bertz CT molecular complexity index is 1950. The third kappa shape index (κ3) is 8.43. The molecule has 0 aliphatic heterocycles. The van der Waals surface area contributed by atoms with Gasteiger partial charge in [-0.2, -0.15) is 44.6 Å². The van der Waals surface area contributed by atoms with Crippen LogP contribution in [0.4, 0.5) is 49.4 Å². The number of aryl methyl sites for hydroxylation is 1. The number of fused-ring (bicyclic) bond motifs is 1. The van der Waals surface area contributed by atoms with Crippen LogP contribution in [0.15, 0.2) is 34.7 Å². The minimum atomic E-state index is -5.19. The lowest BCUT2D eigenvalue weighted by atomic mass is 10.1. The second-order valence-corrected chi connectivity index (χ2v) is 13.3. The number of nitrogens with one attached hydrogen (secondary N) is 2. The Morgan fingerprint density at radius 2 is 1.67 bits per heavy atom. The van der Waals surface area contributed by atoms with Gasteiger partial charge in [0.1, 0.15) is 5.75 Å². The largest absolute Gasteiger partial charge is 0.483 e. The van der Waals surface area contributed by atoms with E-state index in [1.54, 1.807) is 0 Å². The van der Waals surface area contributed by atoms with E-state index >= 15 is 0 Å². The van der Waals surface area contributed by atoms with Crippen molar-refractivity contribution in [1.82, 2.24) is 24.3 Å². The van der Waals surface area contributed by atoms with E-state index in [0.29, 0.717) is 41.8 Å². The Balaban J connectivity index is 1.70. The smallest absolute Gasteiger partial charge is 0.433 e. The Hall–Kier alpha value is -4.22. The van der Waals surface area contributed by atoms with Crippen LogP contribution in [0.2, 0.25) is 0 Å². The molecule has 0 bridgehead atoms. The zero-order valence-corrected chi connectivity index (χ0v) is 25.9. The molecule has 262 valence electrons. The molecule has 4 rings (SSSR count). The lowest BCUT2D eigenvalue weighted by Crippen LogP contribution is -2.46. The van der Waals surface area contributed by atoms with Gasteiger partial charge in [0.25, 0.3) is 10.0 Å². The van der Waals surface area contributed by atoms with Crippen LogP contribution in [0.5, 0.6) is 11.5 Å². The fraction of sp³-hybridized carbons (Fsp3) is 0.360. The summed E-state index contributed by atoms with van der Waals surface area (Å²) in [5, 5.41) is 14.7. The van der Waals surface area contributed by atoms with Crippen LogP contribution >= 0.6 is 11.3 Å². The number of alkyl halides is 9. The summed E-state index contributed by atoms with van der Waals surface area (Å²) in [6.45, 7) is 1.40. The van der Waals surface area contributed by atoms with Crippen molar-refractivity contribution in [2.45, 2.75) is 49.0 Å². The molecule has 0 aliphatic rings. The highest BCUT2D eigenvalue weighted by molar-refractivity contribution is 7.91. The molecule has 4 aromatic rings. The van der Waals surface area contributed by atoms with Gasteiger partial charge >= 0.3 is 24.6 Å². The summed E-state index contributed by atoms with van der Waals surface area (Å²) in [6, 6.07) is 1.72. The summed E-state index contributed by atoms with van der Waals surface area (Å²) in [7, 11) is -4.23. The Kier molecular flexibility index (Phi) is 9.66. The van der Waals surface area contributed by atoms with Crippen molar-refractivity contribution in [2.75, 3.05) is 18.5 Å². The minimum absolute atomic E-state index is 0.0659. The number of halogens is 9. The highest BCUT2D eigenvalue weighted by Crippen LogP contribution is 2.40. The average Bonchev–Trinajstić information content (AvgIpc) is 3.52. The molecule has 48 heavy (non-hydrogen) atoms. The number of sulfonamides is 1. The van der Waals surface area contributed by atoms with Crippen LogP contribution < -0.4 is 19.5 Å². The van der Waals surface area contributed by atoms with Crippen LogP contribution in [0, 0.1) is 6.92 Å². The first-order valence-corrected chi connectivity index (χ1v) is 15.2. The van der Waals surface area contributed by atoms with E-state index in [1.165, 1.54) is 20.8 Å². The van der Waals surface area contributed by atoms with Gasteiger partial charge in [-0.05, 0) is 39.0 Å². The molecule has 1 aromatic carbocycles. The SMILES string of the molecule is Cc1nc(NC(=O)Oc2cnn3c(C(F)(F)F)cc(-c4ccc(C(F)(F)F)c(OCC(F)(F)F)c4)nc23)sc1S(=O)(=O)NC(C)(C)CO. The van der Waals surface area contributed by atoms with Crippen molar-refractivity contribution >= 4 is 38.2 Å². The highest BCUT2D eigenvalue weighted by atomic mass is 32.2. The van der Waals surface area contributed by atoms with Crippen molar-refractivity contribution in [3.63, 3.8) is 0 Å². The molecule has 3 N–H and O–H groups in total. The molecule has 0 aliphatic carbocycles. The Morgan fingerprint density at radius 1 is 1.00 bits per heavy atom. The topological polar surface area (TPSA) is 157 Å². The molecular formula is C25H21F9N6O6S2. The van der Waals surface area contributed by atoms with Gasteiger partial charge in [-0.3, -0.25) is 5.32 Å². The molecule has 3 heterocycles. The Morgan fingerprint density at radius 3 is 2.25 bits per heavy atom. The van der Waals surface area contributed by atoms with Crippen molar-refractivity contribution in [3.8, 4) is 22.8 Å². The second-order valence-electron chi connectivity index (χ2n) is 10.4. The summed E-state index contributed by atoms with van der Waals surface area (Å²) in [5.74, 6) is -2.06. The van der Waals surface area contributed by atoms with Gasteiger partial charge in [0.2, 0.25) is 0 Å². The molecule has 3 aromatic heterocycles. The molecule has 12 nitrogen and oxygen atoms in total. The Labute approximate surface area is 267 Å². The number of nitrogens with zero attached hydrogens (tertiary/aromatic N) is 4. The van der Waals surface area contributed by atoms with Crippen LogP contribution in [-0.2, 0) is 22.4 Å². The maximum absolute atomic E-state index is 14.0. The molecule has 0 spiro atoms. The van der Waals surface area contributed by atoms with Gasteiger partial charge < -0.3 is 14.6 Å². The van der Waals surface area contributed by atoms with Gasteiger partial charge in [0, 0.05) is 5.56 Å². The first kappa shape index (κ1) is 36.6. The summed E-state index contributed by atoms with van der Waals surface area (Å²) in [5.41, 5.74) is -6.56. The normalized spacial score (nSPS) is 13.2. The zero-order chi connectivity index (χ0) is 36.0. The molecule has 1 amide bonds. The number of carbonyl (C=O) groups excluding carboxylic acids is 1. The number of benzene rings is 1. The van der Waals surface area contributed by atoms with Crippen molar-refractivity contribution in [1.29, 1.82) is 0 Å². The molecule has 0 saturated heterocycles. The number of aliphatic hydroxyl groups excluding tert-OH is 1. The zero-order valence-electron chi connectivity index (χ0n) is 24.3. The second kappa shape index (κ2) is 12.7. The van der Waals surface area contributed by atoms with Gasteiger partial charge in [-0.1, -0.05) is 17.4 Å². The monoisotopic (exact) mass is 736 g/mol. The number of thiazole rings is 1. The molecule has 0 radical (unpaired) electrons. The number of aliphatic hydroxyl groups is 1. The molecule has 0 unspecified atom stereocenters. The maximum atomic E-state index is 14.0. The van der Waals surface area contributed by atoms with Gasteiger partial charge in [0.05, 0.1) is 35.3 Å². The molecule has 23 heteroatoms. The van der Waals surface area contributed by atoms with Crippen LogP contribution in [0.1, 0.15) is 30.8 Å². The van der Waals surface area contributed by atoms with E-state index in [0.717, 1.165) is 0 Å². The fourth-order valence-corrected chi connectivity index (χ4v) is 6.71. The third-order valence-electron chi connectivity index (χ3n) is 5.92. The molecule has 0 saturated carbocycles. The van der Waals surface area contributed by atoms with Crippen LogP contribution in [0.3, 0.4) is 0 Å². The quantitative estimate of drug-likeness (QED) is 0.181. The number of rotatable bonds is 9. The summed E-state index contributed by atoms with van der Waals surface area (Å²) in [6.07, 6.45) is -16.2. The lowest BCUT2D eigenvalue weighted by Gasteiger charge is -2.22. The summed E-state index contributed by atoms with van der Waals surface area (Å²) in [4.78, 5) is 20.5. The highest BCUT2D eigenvalue weighted by Gasteiger charge is 2.38. The van der Waals surface area contributed by atoms with E-state index < -0.39 is 93.1 Å². The van der Waals surface area contributed by atoms with E-state index in [1.807, 2.05) is 0 Å². The van der Waals surface area contributed by atoms with Crippen molar-refractivity contribution in [3.05, 3.63) is 47.4 Å². The van der Waals surface area contributed by atoms with Crippen LogP contribution in [0.25, 0.3) is 16.9 Å². The van der Waals surface area contributed by atoms with Crippen molar-refractivity contribution < 1.29 is 67.3 Å². The van der Waals surface area contributed by atoms with Gasteiger partial charge in [-0.15, -0.1) is 0 Å².